The number of nitrogens with zero attached hydrogens (tertiary/aromatic N) is 1. The summed E-state index contributed by atoms with van der Waals surface area (Å²) < 4.78 is 4.94. The topological polar surface area (TPSA) is 110 Å². The molecule has 0 atom stereocenters. The van der Waals surface area contributed by atoms with Gasteiger partial charge in [0.2, 0.25) is 0 Å². The van der Waals surface area contributed by atoms with Crippen LogP contribution in [0, 0.1) is 0 Å². The lowest BCUT2D eigenvalue weighted by molar-refractivity contribution is 0.0909. The Labute approximate surface area is 131 Å². The van der Waals surface area contributed by atoms with E-state index in [2.05, 4.69) is 15.6 Å². The van der Waals surface area contributed by atoms with E-state index in [0.717, 1.165) is 0 Å². The molecule has 2 amide bonds. The van der Waals surface area contributed by atoms with Gasteiger partial charge in [-0.25, -0.2) is 4.98 Å². The summed E-state index contributed by atoms with van der Waals surface area (Å²) in [5.41, 5.74) is 5.77. The molecule has 21 heavy (non-hydrogen) atoms. The Balaban J connectivity index is 0.00000220. The van der Waals surface area contributed by atoms with Crippen molar-refractivity contribution < 1.29 is 14.0 Å². The normalized spacial score (nSPS) is 9.76. The Morgan fingerprint density at radius 2 is 2.00 bits per heavy atom. The maximum absolute atomic E-state index is 11.7. The average molecular weight is 331 g/mol. The molecule has 2 aromatic heterocycles. The molecule has 9 heteroatoms. The van der Waals surface area contributed by atoms with Crippen LogP contribution in [0.2, 0.25) is 0 Å². The number of hydrogen-bond donors (Lipinski definition) is 3. The zero-order valence-corrected chi connectivity index (χ0v) is 12.6. The molecule has 0 bridgehead atoms. The lowest BCUT2D eigenvalue weighted by atomic mass is 10.4. The molecule has 7 nitrogen and oxygen atoms in total. The summed E-state index contributed by atoms with van der Waals surface area (Å²) >= 11 is 1.34. The summed E-state index contributed by atoms with van der Waals surface area (Å²) in [5, 5.41) is 7.64. The van der Waals surface area contributed by atoms with Gasteiger partial charge in [0, 0.05) is 25.0 Å². The Kier molecular flexibility index (Phi) is 6.86. The first-order valence-corrected chi connectivity index (χ1v) is 6.83. The number of nitrogens with two attached hydrogens (primary N) is 1. The second-order valence-corrected chi connectivity index (χ2v) is 4.76. The van der Waals surface area contributed by atoms with Crippen LogP contribution in [0.25, 0.3) is 0 Å². The number of nitrogens with one attached hydrogen (secondary N) is 2. The van der Waals surface area contributed by atoms with Gasteiger partial charge in [0.05, 0.1) is 6.26 Å². The number of halogens is 1. The van der Waals surface area contributed by atoms with E-state index in [9.17, 15) is 9.59 Å². The summed E-state index contributed by atoms with van der Waals surface area (Å²) in [4.78, 5) is 27.3. The van der Waals surface area contributed by atoms with E-state index in [1.807, 2.05) is 0 Å². The van der Waals surface area contributed by atoms with Gasteiger partial charge in [0.15, 0.2) is 5.76 Å². The van der Waals surface area contributed by atoms with Crippen LogP contribution in [0.5, 0.6) is 0 Å². The standard InChI is InChI=1S/C12H14N4O3S.ClH/c13-6-10-16-8(7-20-10)11(17)14-3-4-15-12(18)9-2-1-5-19-9;/h1-2,5,7H,3-4,6,13H2,(H,14,17)(H,15,18);1H. The van der Waals surface area contributed by atoms with E-state index in [-0.39, 0.29) is 30.0 Å². The first kappa shape index (κ1) is 17.2. The Bertz CT molecular complexity index is 585. The Morgan fingerprint density at radius 3 is 2.57 bits per heavy atom. The summed E-state index contributed by atoms with van der Waals surface area (Å²) in [6.07, 6.45) is 1.42. The Morgan fingerprint density at radius 1 is 1.29 bits per heavy atom. The van der Waals surface area contributed by atoms with Crippen molar-refractivity contribution in [2.75, 3.05) is 13.1 Å². The summed E-state index contributed by atoms with van der Waals surface area (Å²) in [6, 6.07) is 3.20. The highest BCUT2D eigenvalue weighted by atomic mass is 35.5. The molecule has 0 saturated carbocycles. The molecule has 0 spiro atoms. The van der Waals surface area contributed by atoms with E-state index in [4.69, 9.17) is 10.2 Å². The predicted octanol–water partition coefficient (Wildman–Crippen LogP) is 0.776. The molecule has 2 heterocycles. The zero-order chi connectivity index (χ0) is 14.4. The van der Waals surface area contributed by atoms with Crippen molar-refractivity contribution in [2.24, 2.45) is 5.73 Å². The number of thiazole rings is 1. The van der Waals surface area contributed by atoms with Crippen molar-refractivity contribution in [3.63, 3.8) is 0 Å². The highest BCUT2D eigenvalue weighted by molar-refractivity contribution is 7.09. The third-order valence-corrected chi connectivity index (χ3v) is 3.27. The van der Waals surface area contributed by atoms with Crippen LogP contribution >= 0.6 is 23.7 Å². The molecule has 0 aromatic carbocycles. The van der Waals surface area contributed by atoms with Crippen LogP contribution in [0.1, 0.15) is 26.1 Å². The maximum atomic E-state index is 11.7. The molecule has 0 fully saturated rings. The summed E-state index contributed by atoms with van der Waals surface area (Å²) in [6.45, 7) is 0.928. The molecule has 0 aliphatic heterocycles. The van der Waals surface area contributed by atoms with E-state index in [0.29, 0.717) is 30.3 Å². The predicted molar refractivity (Wildman–Crippen MR) is 80.6 cm³/mol. The number of carbonyl (C=O) groups is 2. The zero-order valence-electron chi connectivity index (χ0n) is 11.0. The summed E-state index contributed by atoms with van der Waals surface area (Å²) in [5.74, 6) is -0.361. The van der Waals surface area contributed by atoms with Gasteiger partial charge in [-0.1, -0.05) is 0 Å². The molecule has 114 valence electrons. The quantitative estimate of drug-likeness (QED) is 0.678. The first-order chi connectivity index (χ1) is 9.70. The largest absolute Gasteiger partial charge is 0.459 e. The van der Waals surface area contributed by atoms with Gasteiger partial charge in [-0.3, -0.25) is 9.59 Å². The number of aromatic nitrogens is 1. The van der Waals surface area contributed by atoms with Crippen LogP contribution < -0.4 is 16.4 Å². The van der Waals surface area contributed by atoms with Gasteiger partial charge in [-0.15, -0.1) is 23.7 Å². The minimum absolute atomic E-state index is 0. The van der Waals surface area contributed by atoms with E-state index in [1.165, 1.54) is 17.6 Å². The van der Waals surface area contributed by atoms with Crippen molar-refractivity contribution in [2.45, 2.75) is 6.54 Å². The van der Waals surface area contributed by atoms with E-state index in [1.54, 1.807) is 17.5 Å². The molecule has 0 radical (unpaired) electrons. The maximum Gasteiger partial charge on any atom is 0.287 e. The van der Waals surface area contributed by atoms with Gasteiger partial charge in [0.1, 0.15) is 10.7 Å². The van der Waals surface area contributed by atoms with Crippen LogP contribution in [-0.4, -0.2) is 29.9 Å². The van der Waals surface area contributed by atoms with E-state index >= 15 is 0 Å². The number of furan rings is 1. The molecule has 2 aromatic rings. The van der Waals surface area contributed by atoms with Gasteiger partial charge < -0.3 is 20.8 Å². The fraction of sp³-hybridized carbons (Fsp3) is 0.250. The van der Waals surface area contributed by atoms with Crippen LogP contribution in [0.3, 0.4) is 0 Å². The molecule has 0 aliphatic carbocycles. The molecule has 2 rings (SSSR count). The van der Waals surface area contributed by atoms with Gasteiger partial charge in [-0.05, 0) is 12.1 Å². The van der Waals surface area contributed by atoms with Gasteiger partial charge in [-0.2, -0.15) is 0 Å². The minimum Gasteiger partial charge on any atom is -0.459 e. The van der Waals surface area contributed by atoms with Crippen molar-refractivity contribution >= 4 is 35.6 Å². The van der Waals surface area contributed by atoms with Crippen molar-refractivity contribution in [1.82, 2.24) is 15.6 Å². The fourth-order valence-corrected chi connectivity index (χ4v) is 2.10. The van der Waals surface area contributed by atoms with Gasteiger partial charge >= 0.3 is 0 Å². The highest BCUT2D eigenvalue weighted by Gasteiger charge is 2.10. The minimum atomic E-state index is -0.316. The molecular weight excluding hydrogens is 316 g/mol. The fourth-order valence-electron chi connectivity index (χ4n) is 1.45. The van der Waals surface area contributed by atoms with Crippen LogP contribution in [0.15, 0.2) is 28.2 Å². The molecular formula is C12H15ClN4O3S. The Hall–Kier alpha value is -1.90. The number of hydrogen-bond acceptors (Lipinski definition) is 6. The van der Waals surface area contributed by atoms with Crippen molar-refractivity contribution in [1.29, 1.82) is 0 Å². The van der Waals surface area contributed by atoms with Crippen molar-refractivity contribution in [3.05, 3.63) is 40.2 Å². The highest BCUT2D eigenvalue weighted by Crippen LogP contribution is 2.08. The second-order valence-electron chi connectivity index (χ2n) is 3.82. The SMILES string of the molecule is Cl.NCc1nc(C(=O)NCCNC(=O)c2ccco2)cs1. The monoisotopic (exact) mass is 330 g/mol. The molecule has 0 saturated heterocycles. The van der Waals surface area contributed by atoms with E-state index < -0.39 is 0 Å². The van der Waals surface area contributed by atoms with Gasteiger partial charge in [0.25, 0.3) is 11.8 Å². The van der Waals surface area contributed by atoms with Crippen molar-refractivity contribution in [3.8, 4) is 0 Å². The number of carbonyl (C=O) groups excluding carboxylic acids is 2. The lowest BCUT2D eigenvalue weighted by Crippen LogP contribution is -2.34. The summed E-state index contributed by atoms with van der Waals surface area (Å²) in [7, 11) is 0. The first-order valence-electron chi connectivity index (χ1n) is 5.95. The van der Waals surface area contributed by atoms with Crippen LogP contribution in [0.4, 0.5) is 0 Å². The lowest BCUT2D eigenvalue weighted by Gasteiger charge is -2.04. The van der Waals surface area contributed by atoms with Crippen LogP contribution in [-0.2, 0) is 6.54 Å². The molecule has 0 aliphatic rings. The third kappa shape index (κ3) is 4.85. The smallest absolute Gasteiger partial charge is 0.287 e. The number of amides is 2. The second kappa shape index (κ2) is 8.40. The third-order valence-electron chi connectivity index (χ3n) is 2.40. The average Bonchev–Trinajstić information content (AvgIpc) is 3.13. The molecule has 4 N–H and O–H groups in total. The number of rotatable bonds is 6. The molecule has 0 unspecified atom stereocenters.